The quantitative estimate of drug-likeness (QED) is 0.819. The zero-order chi connectivity index (χ0) is 14.8. The van der Waals surface area contributed by atoms with E-state index in [9.17, 15) is 8.42 Å². The van der Waals surface area contributed by atoms with Crippen LogP contribution in [0.25, 0.3) is 0 Å². The van der Waals surface area contributed by atoms with E-state index in [1.807, 2.05) is 0 Å². The predicted molar refractivity (Wildman–Crippen MR) is 81.2 cm³/mol. The molecule has 2 rings (SSSR count). The number of anilines is 1. The van der Waals surface area contributed by atoms with Crippen LogP contribution in [-0.4, -0.2) is 25.5 Å². The summed E-state index contributed by atoms with van der Waals surface area (Å²) in [6.07, 6.45) is 1.22. The number of sulfonamides is 1. The molecule has 0 saturated heterocycles. The van der Waals surface area contributed by atoms with E-state index < -0.39 is 10.0 Å². The molecule has 6 nitrogen and oxygen atoms in total. The molecule has 0 saturated carbocycles. The second-order valence-electron chi connectivity index (χ2n) is 3.63. The van der Waals surface area contributed by atoms with Crippen molar-refractivity contribution in [3.8, 4) is 5.88 Å². The average Bonchev–Trinajstić information content (AvgIpc) is 2.37. The first-order valence-corrected chi connectivity index (χ1v) is 8.33. The Labute approximate surface area is 132 Å². The minimum absolute atomic E-state index is 0.110. The molecule has 0 aliphatic carbocycles. The van der Waals surface area contributed by atoms with Gasteiger partial charge in [0.2, 0.25) is 5.88 Å². The topological polar surface area (TPSA) is 81.2 Å². The van der Waals surface area contributed by atoms with Crippen LogP contribution in [0.15, 0.2) is 44.4 Å². The van der Waals surface area contributed by atoms with Crippen LogP contribution >= 0.6 is 31.9 Å². The highest BCUT2D eigenvalue weighted by atomic mass is 79.9. The third-order valence-corrected chi connectivity index (χ3v) is 5.10. The number of benzene rings is 1. The molecule has 0 aliphatic rings. The Morgan fingerprint density at radius 2 is 1.95 bits per heavy atom. The Balaban J connectivity index is 2.35. The Hall–Kier alpha value is -1.19. The van der Waals surface area contributed by atoms with Gasteiger partial charge in [0.1, 0.15) is 17.0 Å². The number of nitrogens with zero attached hydrogens (tertiary/aromatic N) is 2. The van der Waals surface area contributed by atoms with E-state index in [1.54, 1.807) is 12.1 Å². The zero-order valence-corrected chi connectivity index (χ0v) is 14.2. The maximum Gasteiger partial charge on any atom is 0.264 e. The lowest BCUT2D eigenvalue weighted by molar-refractivity contribution is 0.397. The summed E-state index contributed by atoms with van der Waals surface area (Å²) in [6.45, 7) is 0. The van der Waals surface area contributed by atoms with Crippen LogP contribution in [0.2, 0.25) is 0 Å². The van der Waals surface area contributed by atoms with Crippen molar-refractivity contribution in [2.75, 3.05) is 11.8 Å². The van der Waals surface area contributed by atoms with Gasteiger partial charge in [0.15, 0.2) is 0 Å². The highest BCUT2D eigenvalue weighted by Crippen LogP contribution is 2.27. The number of ether oxygens (including phenoxy) is 1. The van der Waals surface area contributed by atoms with Gasteiger partial charge in [-0.2, -0.15) is 0 Å². The molecule has 0 amide bonds. The van der Waals surface area contributed by atoms with Gasteiger partial charge in [-0.05, 0) is 34.1 Å². The van der Waals surface area contributed by atoms with Gasteiger partial charge in [-0.1, -0.05) is 15.9 Å². The lowest BCUT2D eigenvalue weighted by atomic mass is 10.4. The summed E-state index contributed by atoms with van der Waals surface area (Å²) in [5, 5.41) is 0. The van der Waals surface area contributed by atoms with E-state index >= 15 is 0 Å². The van der Waals surface area contributed by atoms with Crippen LogP contribution in [0.5, 0.6) is 5.88 Å². The normalized spacial score (nSPS) is 11.2. The van der Waals surface area contributed by atoms with Crippen LogP contribution in [0, 0.1) is 0 Å². The third kappa shape index (κ3) is 3.47. The molecule has 0 aliphatic heterocycles. The van der Waals surface area contributed by atoms with E-state index in [0.29, 0.717) is 4.47 Å². The van der Waals surface area contributed by atoms with Crippen molar-refractivity contribution >= 4 is 47.7 Å². The highest BCUT2D eigenvalue weighted by Gasteiger charge is 2.18. The van der Waals surface area contributed by atoms with Crippen LogP contribution < -0.4 is 9.46 Å². The summed E-state index contributed by atoms with van der Waals surface area (Å²) in [5.74, 6) is 0.402. The van der Waals surface area contributed by atoms with Crippen LogP contribution in [0.4, 0.5) is 5.82 Å². The number of rotatable bonds is 4. The molecule has 0 fully saturated rings. The van der Waals surface area contributed by atoms with Gasteiger partial charge in [-0.15, -0.1) is 0 Å². The molecule has 106 valence electrons. The maximum atomic E-state index is 12.3. The van der Waals surface area contributed by atoms with Gasteiger partial charge >= 0.3 is 0 Å². The van der Waals surface area contributed by atoms with Crippen molar-refractivity contribution in [2.45, 2.75) is 4.90 Å². The SMILES string of the molecule is COc1cc(NS(=O)(=O)c2ccc(Br)cc2Br)ncn1. The van der Waals surface area contributed by atoms with Gasteiger partial charge in [0, 0.05) is 15.0 Å². The van der Waals surface area contributed by atoms with Crippen molar-refractivity contribution < 1.29 is 13.2 Å². The van der Waals surface area contributed by atoms with E-state index in [0.717, 1.165) is 4.47 Å². The Morgan fingerprint density at radius 1 is 1.20 bits per heavy atom. The lowest BCUT2D eigenvalue weighted by Gasteiger charge is -2.09. The summed E-state index contributed by atoms with van der Waals surface area (Å²) in [5.41, 5.74) is 0. The number of methoxy groups -OCH3 is 1. The summed E-state index contributed by atoms with van der Waals surface area (Å²) in [6, 6.07) is 6.16. The minimum atomic E-state index is -3.75. The fourth-order valence-electron chi connectivity index (χ4n) is 1.39. The lowest BCUT2D eigenvalue weighted by Crippen LogP contribution is -2.14. The van der Waals surface area contributed by atoms with Crippen LogP contribution in [0.1, 0.15) is 0 Å². The van der Waals surface area contributed by atoms with Crippen LogP contribution in [0.3, 0.4) is 0 Å². The van der Waals surface area contributed by atoms with E-state index in [-0.39, 0.29) is 16.6 Å². The zero-order valence-electron chi connectivity index (χ0n) is 10.2. The monoisotopic (exact) mass is 421 g/mol. The maximum absolute atomic E-state index is 12.3. The number of nitrogens with one attached hydrogen (secondary N) is 1. The molecule has 1 N–H and O–H groups in total. The van der Waals surface area contributed by atoms with Gasteiger partial charge < -0.3 is 4.74 Å². The first-order valence-electron chi connectivity index (χ1n) is 5.26. The van der Waals surface area contributed by atoms with Gasteiger partial charge in [-0.25, -0.2) is 18.4 Å². The highest BCUT2D eigenvalue weighted by molar-refractivity contribution is 9.11. The Kier molecular flexibility index (Phi) is 4.61. The molecule has 0 bridgehead atoms. The predicted octanol–water partition coefficient (Wildman–Crippen LogP) is 2.81. The summed E-state index contributed by atoms with van der Waals surface area (Å²) in [4.78, 5) is 7.75. The first kappa shape index (κ1) is 15.2. The Morgan fingerprint density at radius 3 is 2.60 bits per heavy atom. The molecule has 1 heterocycles. The molecule has 1 aromatic carbocycles. The van der Waals surface area contributed by atoms with Gasteiger partial charge in [-0.3, -0.25) is 4.72 Å². The summed E-state index contributed by atoms with van der Waals surface area (Å²) < 4.78 is 33.0. The van der Waals surface area contributed by atoms with Crippen molar-refractivity contribution in [3.05, 3.63) is 39.5 Å². The summed E-state index contributed by atoms with van der Waals surface area (Å²) in [7, 11) is -2.31. The second kappa shape index (κ2) is 6.06. The average molecular weight is 423 g/mol. The standard InChI is InChI=1S/C11H9Br2N3O3S/c1-19-11-5-10(14-6-15-11)16-20(17,18)9-3-2-7(12)4-8(9)13/h2-6H,1H3,(H,14,15,16). The molecule has 0 radical (unpaired) electrons. The molecule has 20 heavy (non-hydrogen) atoms. The largest absolute Gasteiger partial charge is 0.481 e. The summed E-state index contributed by atoms with van der Waals surface area (Å²) >= 11 is 6.48. The number of aromatic nitrogens is 2. The smallest absolute Gasteiger partial charge is 0.264 e. The van der Waals surface area contributed by atoms with Gasteiger partial charge in [0.05, 0.1) is 7.11 Å². The van der Waals surface area contributed by atoms with E-state index in [1.165, 1.54) is 25.6 Å². The van der Waals surface area contributed by atoms with Crippen molar-refractivity contribution in [2.24, 2.45) is 0 Å². The number of hydrogen-bond donors (Lipinski definition) is 1. The first-order chi connectivity index (χ1) is 9.42. The van der Waals surface area contributed by atoms with E-state index in [4.69, 9.17) is 4.74 Å². The van der Waals surface area contributed by atoms with E-state index in [2.05, 4.69) is 46.5 Å². The van der Waals surface area contributed by atoms with Crippen molar-refractivity contribution in [1.29, 1.82) is 0 Å². The van der Waals surface area contributed by atoms with Gasteiger partial charge in [0.25, 0.3) is 10.0 Å². The van der Waals surface area contributed by atoms with Crippen molar-refractivity contribution in [3.63, 3.8) is 0 Å². The Bertz CT molecular complexity index is 737. The fraction of sp³-hybridized carbons (Fsp3) is 0.0909. The molecular weight excluding hydrogens is 414 g/mol. The fourth-order valence-corrected chi connectivity index (χ4v) is 4.14. The molecule has 9 heteroatoms. The third-order valence-electron chi connectivity index (χ3n) is 2.27. The number of hydrogen-bond acceptors (Lipinski definition) is 5. The molecule has 0 unspecified atom stereocenters. The number of halogens is 2. The molecular formula is C11H9Br2N3O3S. The molecule has 0 spiro atoms. The molecule has 2 aromatic rings. The van der Waals surface area contributed by atoms with Crippen LogP contribution in [-0.2, 0) is 10.0 Å². The second-order valence-corrected chi connectivity index (χ2v) is 7.05. The molecule has 0 atom stereocenters. The molecule has 1 aromatic heterocycles. The van der Waals surface area contributed by atoms with Crippen molar-refractivity contribution in [1.82, 2.24) is 9.97 Å². The minimum Gasteiger partial charge on any atom is -0.481 e.